The van der Waals surface area contributed by atoms with Crippen LogP contribution < -0.4 is 10.5 Å². The van der Waals surface area contributed by atoms with E-state index in [0.717, 1.165) is 12.4 Å². The maximum Gasteiger partial charge on any atom is 0.372 e. The standard InChI is InChI=1S/C10H6BrN5O5/c11-5-1-6(15(17)18)3-7(2-5)21-10-8(16(19)20)9(12)13-4-14-10/h1-4H,(H2,12,13,14). The summed E-state index contributed by atoms with van der Waals surface area (Å²) in [7, 11) is 0. The molecule has 0 aliphatic rings. The minimum atomic E-state index is -0.795. The van der Waals surface area contributed by atoms with Gasteiger partial charge >= 0.3 is 11.6 Å². The van der Waals surface area contributed by atoms with Gasteiger partial charge in [0.15, 0.2) is 0 Å². The lowest BCUT2D eigenvalue weighted by atomic mass is 10.3. The highest BCUT2D eigenvalue weighted by atomic mass is 79.9. The number of halogens is 1. The predicted octanol–water partition coefficient (Wildman–Crippen LogP) is 2.43. The first kappa shape index (κ1) is 14.6. The second-order valence-electron chi connectivity index (χ2n) is 3.67. The van der Waals surface area contributed by atoms with Crippen molar-refractivity contribution in [3.8, 4) is 11.6 Å². The number of nitrogens with zero attached hydrogens (tertiary/aromatic N) is 4. The van der Waals surface area contributed by atoms with E-state index in [1.807, 2.05) is 0 Å². The molecular formula is C10H6BrN5O5. The van der Waals surface area contributed by atoms with E-state index in [1.165, 1.54) is 12.1 Å². The van der Waals surface area contributed by atoms with Crippen molar-refractivity contribution in [3.63, 3.8) is 0 Å². The largest absolute Gasteiger partial charge is 0.433 e. The van der Waals surface area contributed by atoms with E-state index < -0.39 is 21.4 Å². The van der Waals surface area contributed by atoms with Gasteiger partial charge in [0.2, 0.25) is 5.82 Å². The molecule has 21 heavy (non-hydrogen) atoms. The molecule has 0 spiro atoms. The molecule has 10 nitrogen and oxygen atoms in total. The Balaban J connectivity index is 2.46. The Labute approximate surface area is 125 Å². The van der Waals surface area contributed by atoms with Gasteiger partial charge in [0.05, 0.1) is 15.9 Å². The summed E-state index contributed by atoms with van der Waals surface area (Å²) in [5.41, 5.74) is 4.54. The van der Waals surface area contributed by atoms with Gasteiger partial charge in [-0.25, -0.2) is 4.98 Å². The van der Waals surface area contributed by atoms with E-state index in [4.69, 9.17) is 10.5 Å². The van der Waals surface area contributed by atoms with Crippen molar-refractivity contribution in [2.75, 3.05) is 5.73 Å². The lowest BCUT2D eigenvalue weighted by Crippen LogP contribution is -2.02. The summed E-state index contributed by atoms with van der Waals surface area (Å²) in [4.78, 5) is 27.4. The molecule has 108 valence electrons. The van der Waals surface area contributed by atoms with Crippen LogP contribution in [0.15, 0.2) is 29.0 Å². The van der Waals surface area contributed by atoms with Crippen molar-refractivity contribution in [3.05, 3.63) is 49.2 Å². The minimum absolute atomic E-state index is 0.00252. The molecule has 0 aliphatic heterocycles. The summed E-state index contributed by atoms with van der Waals surface area (Å²) in [6.07, 6.45) is 0.990. The van der Waals surface area contributed by atoms with Crippen LogP contribution in [0.3, 0.4) is 0 Å². The first-order valence-electron chi connectivity index (χ1n) is 5.26. The van der Waals surface area contributed by atoms with E-state index in [2.05, 4.69) is 25.9 Å². The van der Waals surface area contributed by atoms with Gasteiger partial charge in [-0.3, -0.25) is 20.2 Å². The van der Waals surface area contributed by atoms with Crippen LogP contribution in [-0.2, 0) is 0 Å². The van der Waals surface area contributed by atoms with Crippen LogP contribution in [0.1, 0.15) is 0 Å². The second kappa shape index (κ2) is 5.66. The normalized spacial score (nSPS) is 10.1. The number of hydrogen-bond donors (Lipinski definition) is 1. The third-order valence-corrected chi connectivity index (χ3v) is 2.74. The summed E-state index contributed by atoms with van der Waals surface area (Å²) in [6.45, 7) is 0. The van der Waals surface area contributed by atoms with Crippen LogP contribution in [0.25, 0.3) is 0 Å². The first-order chi connectivity index (χ1) is 9.88. The topological polar surface area (TPSA) is 147 Å². The molecule has 2 aromatic rings. The molecule has 0 unspecified atom stereocenters. The number of anilines is 1. The van der Waals surface area contributed by atoms with Crippen LogP contribution >= 0.6 is 15.9 Å². The molecule has 1 aromatic heterocycles. The molecule has 0 amide bonds. The maximum atomic E-state index is 10.9. The van der Waals surface area contributed by atoms with Gasteiger partial charge in [-0.2, -0.15) is 4.98 Å². The Morgan fingerprint density at radius 3 is 2.48 bits per heavy atom. The third-order valence-electron chi connectivity index (χ3n) is 2.28. The van der Waals surface area contributed by atoms with E-state index in [9.17, 15) is 20.2 Å². The van der Waals surface area contributed by atoms with Gasteiger partial charge in [0.1, 0.15) is 12.1 Å². The quantitative estimate of drug-likeness (QED) is 0.649. The van der Waals surface area contributed by atoms with E-state index in [0.29, 0.717) is 4.47 Å². The highest BCUT2D eigenvalue weighted by Gasteiger charge is 2.23. The summed E-state index contributed by atoms with van der Waals surface area (Å²) < 4.78 is 5.59. The number of nitrogens with two attached hydrogens (primary N) is 1. The molecule has 1 heterocycles. The summed E-state index contributed by atoms with van der Waals surface area (Å²) in [5.74, 6) is -0.772. The number of rotatable bonds is 4. The number of aromatic nitrogens is 2. The van der Waals surface area contributed by atoms with Gasteiger partial charge in [-0.1, -0.05) is 15.9 Å². The van der Waals surface area contributed by atoms with Crippen LogP contribution in [0.5, 0.6) is 11.6 Å². The van der Waals surface area contributed by atoms with Crippen LogP contribution in [0.4, 0.5) is 17.2 Å². The number of nitrogen functional groups attached to an aromatic ring is 1. The summed E-state index contributed by atoms with van der Waals surface area (Å²) in [6, 6.07) is 3.76. The highest BCUT2D eigenvalue weighted by molar-refractivity contribution is 9.10. The van der Waals surface area contributed by atoms with E-state index >= 15 is 0 Å². The zero-order chi connectivity index (χ0) is 15.6. The smallest absolute Gasteiger partial charge is 0.372 e. The van der Waals surface area contributed by atoms with Crippen molar-refractivity contribution in [2.24, 2.45) is 0 Å². The fourth-order valence-electron chi connectivity index (χ4n) is 1.45. The first-order valence-corrected chi connectivity index (χ1v) is 6.05. The predicted molar refractivity (Wildman–Crippen MR) is 74.0 cm³/mol. The minimum Gasteiger partial charge on any atom is -0.433 e. The molecule has 1 aromatic carbocycles. The SMILES string of the molecule is Nc1ncnc(Oc2cc(Br)cc([N+](=O)[O-])c2)c1[N+](=O)[O-]. The lowest BCUT2D eigenvalue weighted by molar-refractivity contribution is -0.385. The molecule has 2 N–H and O–H groups in total. The summed E-state index contributed by atoms with van der Waals surface area (Å²) >= 11 is 3.08. The molecule has 0 saturated carbocycles. The number of benzene rings is 1. The zero-order valence-electron chi connectivity index (χ0n) is 10.1. The average Bonchev–Trinajstić information content (AvgIpc) is 2.37. The number of nitro benzene ring substituents is 1. The van der Waals surface area contributed by atoms with Crippen LogP contribution in [-0.4, -0.2) is 19.8 Å². The Bertz CT molecular complexity index is 738. The van der Waals surface area contributed by atoms with Crippen LogP contribution in [0.2, 0.25) is 0 Å². The van der Waals surface area contributed by atoms with Crippen LogP contribution in [0, 0.1) is 20.2 Å². The molecule has 11 heteroatoms. The third kappa shape index (κ3) is 3.20. The van der Waals surface area contributed by atoms with Crippen molar-refractivity contribution in [2.45, 2.75) is 0 Å². The van der Waals surface area contributed by atoms with Gasteiger partial charge < -0.3 is 10.5 Å². The Morgan fingerprint density at radius 1 is 1.14 bits per heavy atom. The van der Waals surface area contributed by atoms with Crippen molar-refractivity contribution >= 4 is 33.1 Å². The number of nitro groups is 2. The van der Waals surface area contributed by atoms with Crippen molar-refractivity contribution < 1.29 is 14.6 Å². The molecule has 2 rings (SSSR count). The van der Waals surface area contributed by atoms with E-state index in [1.54, 1.807) is 0 Å². The van der Waals surface area contributed by atoms with Gasteiger partial charge in [-0.05, 0) is 6.07 Å². The molecule has 0 atom stereocenters. The second-order valence-corrected chi connectivity index (χ2v) is 4.59. The summed E-state index contributed by atoms with van der Waals surface area (Å²) in [5, 5.41) is 21.7. The van der Waals surface area contributed by atoms with Crippen molar-refractivity contribution in [1.82, 2.24) is 9.97 Å². The number of non-ortho nitro benzene ring substituents is 1. The fourth-order valence-corrected chi connectivity index (χ4v) is 1.91. The molecule has 0 bridgehead atoms. The molecule has 0 radical (unpaired) electrons. The lowest BCUT2D eigenvalue weighted by Gasteiger charge is -2.06. The average molecular weight is 356 g/mol. The van der Waals surface area contributed by atoms with Gasteiger partial charge in [-0.15, -0.1) is 0 Å². The van der Waals surface area contributed by atoms with E-state index in [-0.39, 0.29) is 17.3 Å². The highest BCUT2D eigenvalue weighted by Crippen LogP contribution is 2.34. The van der Waals surface area contributed by atoms with Gasteiger partial charge in [0, 0.05) is 10.5 Å². The molecular weight excluding hydrogens is 350 g/mol. The zero-order valence-corrected chi connectivity index (χ0v) is 11.7. The monoisotopic (exact) mass is 355 g/mol. The maximum absolute atomic E-state index is 10.9. The van der Waals surface area contributed by atoms with Crippen molar-refractivity contribution in [1.29, 1.82) is 0 Å². The Kier molecular flexibility index (Phi) is 3.93. The molecule has 0 aliphatic carbocycles. The fraction of sp³-hybridized carbons (Fsp3) is 0. The van der Waals surface area contributed by atoms with Gasteiger partial charge in [0.25, 0.3) is 5.69 Å². The molecule has 0 fully saturated rings. The molecule has 0 saturated heterocycles. The Morgan fingerprint density at radius 2 is 1.86 bits per heavy atom. The number of ether oxygens (including phenoxy) is 1. The number of hydrogen-bond acceptors (Lipinski definition) is 8. The Hall–Kier alpha value is -2.82.